The van der Waals surface area contributed by atoms with Crippen LogP contribution in [-0.2, 0) is 52.8 Å². The number of hydrogen-bond acceptors (Lipinski definition) is 16. The van der Waals surface area contributed by atoms with Gasteiger partial charge in [-0.3, -0.25) is 8.37 Å². The van der Waals surface area contributed by atoms with Crippen LogP contribution in [0.15, 0.2) is 0 Å². The van der Waals surface area contributed by atoms with Crippen LogP contribution < -0.4 is 103 Å². The predicted octanol–water partition coefficient (Wildman–Crippen LogP) is -10.7. The Labute approximate surface area is 274 Å². The van der Waals surface area contributed by atoms with Gasteiger partial charge in [-0.1, -0.05) is 0 Å². The molecule has 1 unspecified atom stereocenters. The number of aliphatic hydroxyl groups is 3. The molecule has 10 atom stereocenters. The molecule has 3 heterocycles. The summed E-state index contributed by atoms with van der Waals surface area (Å²) in [6.45, 7) is -1.08. The van der Waals surface area contributed by atoms with E-state index in [1.807, 2.05) is 0 Å². The van der Waals surface area contributed by atoms with Crippen molar-refractivity contribution in [1.82, 2.24) is 0 Å². The molecule has 33 heavy (non-hydrogen) atoms. The van der Waals surface area contributed by atoms with Crippen LogP contribution in [-0.4, -0.2) is 123 Å². The molecule has 0 radical (unpaired) electrons. The molecule has 0 aromatic heterocycles. The minimum Gasteiger partial charge on any atom is -0.726 e. The van der Waals surface area contributed by atoms with Crippen molar-refractivity contribution in [2.75, 3.05) is 20.3 Å². The number of fused-ring (bicyclic) bond motifs is 2. The minimum atomic E-state index is -5.32. The van der Waals surface area contributed by atoms with Crippen LogP contribution >= 0.6 is 0 Å². The summed E-state index contributed by atoms with van der Waals surface area (Å²) in [7, 11) is -9.36. The first kappa shape index (κ1) is 33.7. The number of methoxy groups -OCH3 is 1. The van der Waals surface area contributed by atoms with Gasteiger partial charge in [0.15, 0.2) is 18.7 Å². The smallest absolute Gasteiger partial charge is 0.726 e. The van der Waals surface area contributed by atoms with Gasteiger partial charge in [0.2, 0.25) is 20.8 Å². The van der Waals surface area contributed by atoms with Crippen LogP contribution in [0.25, 0.3) is 0 Å². The fraction of sp³-hybridized carbons (Fsp3) is 1.00. The summed E-state index contributed by atoms with van der Waals surface area (Å²) in [5.74, 6) is 0. The summed E-state index contributed by atoms with van der Waals surface area (Å²) < 4.78 is 101. The summed E-state index contributed by atoms with van der Waals surface area (Å²) in [5, 5.41) is 29.8. The maximum absolute atomic E-state index is 11.1. The summed E-state index contributed by atoms with van der Waals surface area (Å²) in [6.07, 6.45) is -15.5. The van der Waals surface area contributed by atoms with Crippen molar-refractivity contribution in [2.45, 2.75) is 61.4 Å². The van der Waals surface area contributed by atoms with E-state index >= 15 is 0 Å². The number of rotatable bonds is 8. The van der Waals surface area contributed by atoms with Gasteiger partial charge in [0.05, 0.1) is 13.2 Å². The van der Waals surface area contributed by atoms with Crippen molar-refractivity contribution in [2.24, 2.45) is 0 Å². The summed E-state index contributed by atoms with van der Waals surface area (Å²) in [6, 6.07) is 0. The van der Waals surface area contributed by atoms with E-state index < -0.39 is 88.8 Å². The third kappa shape index (κ3) is 8.59. The van der Waals surface area contributed by atoms with Gasteiger partial charge in [-0.05, 0) is 0 Å². The zero-order valence-electron chi connectivity index (χ0n) is 17.7. The molecule has 3 aliphatic rings. The monoisotopic (exact) mass is 574 g/mol. The molecular formula is C13H20K2O16S2. The van der Waals surface area contributed by atoms with Crippen molar-refractivity contribution in [3.05, 3.63) is 0 Å². The Balaban J connectivity index is 0.00000272. The number of hydrogen-bond donors (Lipinski definition) is 3. The Kier molecular flexibility index (Phi) is 14.0. The van der Waals surface area contributed by atoms with Crippen molar-refractivity contribution in [3.8, 4) is 0 Å². The molecule has 3 N–H and O–H groups in total. The second-order valence-corrected chi connectivity index (χ2v) is 8.84. The fourth-order valence-corrected chi connectivity index (χ4v) is 4.56. The second kappa shape index (κ2) is 13.7. The van der Waals surface area contributed by atoms with Crippen LogP contribution in [0.3, 0.4) is 0 Å². The molecule has 0 aromatic rings. The van der Waals surface area contributed by atoms with E-state index in [0.29, 0.717) is 0 Å². The Bertz CT molecular complexity index is 839. The van der Waals surface area contributed by atoms with Gasteiger partial charge in [-0.15, -0.1) is 0 Å². The molecule has 0 saturated carbocycles. The van der Waals surface area contributed by atoms with Gasteiger partial charge in [-0.25, -0.2) is 16.8 Å². The second-order valence-electron chi connectivity index (χ2n) is 6.82. The van der Waals surface area contributed by atoms with Gasteiger partial charge in [0.1, 0.15) is 42.7 Å². The molecule has 3 saturated heterocycles. The molecule has 0 aromatic carbocycles. The Morgan fingerprint density at radius 2 is 1.48 bits per heavy atom. The van der Waals surface area contributed by atoms with E-state index in [1.54, 1.807) is 0 Å². The molecule has 20 heteroatoms. The minimum absolute atomic E-state index is 0. The quantitative estimate of drug-likeness (QED) is 0.138. The zero-order chi connectivity index (χ0) is 23.1. The van der Waals surface area contributed by atoms with Gasteiger partial charge in [-0.2, -0.15) is 0 Å². The van der Waals surface area contributed by atoms with Crippen molar-refractivity contribution < 1.29 is 176 Å². The molecule has 0 aliphatic carbocycles. The van der Waals surface area contributed by atoms with E-state index in [4.69, 9.17) is 23.7 Å². The normalized spacial score (nSPS) is 41.2. The van der Waals surface area contributed by atoms with Crippen LogP contribution in [0.5, 0.6) is 0 Å². The van der Waals surface area contributed by atoms with E-state index in [0.717, 1.165) is 0 Å². The third-order valence-electron chi connectivity index (χ3n) is 4.85. The van der Waals surface area contributed by atoms with Crippen LogP contribution in [0, 0.1) is 0 Å². The topological polar surface area (TPSA) is 240 Å². The van der Waals surface area contributed by atoms with Gasteiger partial charge >= 0.3 is 103 Å². The molecule has 3 rings (SSSR count). The van der Waals surface area contributed by atoms with Gasteiger partial charge < -0.3 is 48.1 Å². The first-order valence-electron chi connectivity index (χ1n) is 8.70. The maximum atomic E-state index is 11.1. The SMILES string of the molecule is CO[C@H]1O[C@H]2CO[C@H](C2O[C@@H]2O[C@H](CO)[C@H](OS(=O)(=O)[O-])[C@H](O)[C@H]2O)[C@H]1OS(=O)(=O)[O-].[K+].[K+]. The molecule has 16 nitrogen and oxygen atoms in total. The summed E-state index contributed by atoms with van der Waals surface area (Å²) >= 11 is 0. The van der Waals surface area contributed by atoms with E-state index in [2.05, 4.69) is 8.37 Å². The molecule has 0 amide bonds. The van der Waals surface area contributed by atoms with Gasteiger partial charge in [0, 0.05) is 7.11 Å². The van der Waals surface area contributed by atoms with E-state index in [-0.39, 0.29) is 109 Å². The standard InChI is InChI=1S/C13H22O16S2.2K/c1-23-13-11(29-31(20,21)22)10-9(5(26-13)3-24-10)27-12-7(16)6(15)8(4(2-14)25-12)28-30(17,18)19;;/h4-16H,2-3H2,1H3,(H,17,18,19)(H,20,21,22);;/q;2*+1/p-2/t4-,5+,6-,7-,8+,9?,10-,11-,12+,13+;;/m1../s1. The van der Waals surface area contributed by atoms with Crippen molar-refractivity contribution in [3.63, 3.8) is 0 Å². The Hall–Kier alpha value is 2.69. The van der Waals surface area contributed by atoms with E-state index in [1.165, 1.54) is 7.11 Å². The third-order valence-corrected chi connectivity index (χ3v) is 5.76. The average molecular weight is 575 g/mol. The molecule has 182 valence electrons. The average Bonchev–Trinajstić information content (AvgIpc) is 2.95. The molecular weight excluding hydrogens is 554 g/mol. The van der Waals surface area contributed by atoms with E-state index in [9.17, 15) is 41.3 Å². The van der Waals surface area contributed by atoms with Crippen LogP contribution in [0.2, 0.25) is 0 Å². The molecule has 3 aliphatic heterocycles. The van der Waals surface area contributed by atoms with Crippen LogP contribution in [0.4, 0.5) is 0 Å². The van der Waals surface area contributed by atoms with Crippen molar-refractivity contribution in [1.29, 1.82) is 0 Å². The molecule has 0 spiro atoms. The van der Waals surface area contributed by atoms with Crippen molar-refractivity contribution >= 4 is 20.8 Å². The maximum Gasteiger partial charge on any atom is 1.00 e. The Morgan fingerprint density at radius 1 is 0.909 bits per heavy atom. The molecule has 3 fully saturated rings. The first-order chi connectivity index (χ1) is 14.3. The Morgan fingerprint density at radius 3 is 2.00 bits per heavy atom. The number of ether oxygens (including phenoxy) is 5. The zero-order valence-corrected chi connectivity index (χ0v) is 25.5. The van der Waals surface area contributed by atoms with Gasteiger partial charge in [0.25, 0.3) is 0 Å². The fourth-order valence-electron chi connectivity index (χ4n) is 3.58. The first-order valence-corrected chi connectivity index (χ1v) is 11.4. The predicted molar refractivity (Wildman–Crippen MR) is 87.2 cm³/mol. The number of aliphatic hydroxyl groups excluding tert-OH is 3. The summed E-state index contributed by atoms with van der Waals surface area (Å²) in [5.41, 5.74) is 0. The van der Waals surface area contributed by atoms with Crippen LogP contribution in [0.1, 0.15) is 0 Å². The molecule has 2 bridgehead atoms. The largest absolute Gasteiger partial charge is 1.00 e. The summed E-state index contributed by atoms with van der Waals surface area (Å²) in [4.78, 5) is 0.